The minimum Gasteiger partial charge on any atom is -0.463 e. The van der Waals surface area contributed by atoms with Gasteiger partial charge in [-0.2, -0.15) is 0 Å². The first kappa shape index (κ1) is 16.9. The first-order valence-electron chi connectivity index (χ1n) is 6.51. The molecule has 0 aliphatic carbocycles. The predicted octanol–water partition coefficient (Wildman–Crippen LogP) is 3.47. The average molecular weight is 356 g/mol. The van der Waals surface area contributed by atoms with E-state index in [-0.39, 0.29) is 12.5 Å². The second-order valence-corrected chi connectivity index (χ2v) is 6.74. The normalized spacial score (nSPS) is 10.2. The molecule has 116 valence electrons. The van der Waals surface area contributed by atoms with Gasteiger partial charge in [0.05, 0.1) is 4.88 Å². The molecule has 0 saturated heterocycles. The number of nitrogens with one attached hydrogen (secondary N) is 1. The molecule has 1 heterocycles. The molecule has 0 radical (unpaired) electrons. The third-order valence-corrected chi connectivity index (χ3v) is 4.66. The van der Waals surface area contributed by atoms with Crippen LogP contribution in [0.1, 0.15) is 9.67 Å². The lowest BCUT2D eigenvalue weighted by Gasteiger charge is -2.06. The summed E-state index contributed by atoms with van der Waals surface area (Å²) in [6.07, 6.45) is 0. The highest BCUT2D eigenvalue weighted by atomic mass is 35.5. The number of hydrogen-bond donors (Lipinski definition) is 1. The minimum atomic E-state index is -0.443. The number of esters is 1. The largest absolute Gasteiger partial charge is 0.463 e. The van der Waals surface area contributed by atoms with E-state index in [9.17, 15) is 9.59 Å². The van der Waals surface area contributed by atoms with Gasteiger partial charge < -0.3 is 10.1 Å². The van der Waals surface area contributed by atoms with Gasteiger partial charge in [0.25, 0.3) is 5.91 Å². The number of benzene rings is 1. The highest BCUT2D eigenvalue weighted by molar-refractivity contribution is 7.99. The second kappa shape index (κ2) is 8.82. The van der Waals surface area contributed by atoms with Crippen LogP contribution in [-0.2, 0) is 9.53 Å². The summed E-state index contributed by atoms with van der Waals surface area (Å²) < 4.78 is 5.06. The van der Waals surface area contributed by atoms with Crippen LogP contribution < -0.4 is 5.32 Å². The quantitative estimate of drug-likeness (QED) is 0.469. The standard InChI is InChI=1S/C15H14ClNO3S2/c16-11-3-5-12(6-4-11)21-9-7-20-14(18)10-17-15(19)13-2-1-8-22-13/h1-6,8H,7,9-10H2,(H,17,19). The van der Waals surface area contributed by atoms with E-state index in [4.69, 9.17) is 16.3 Å². The van der Waals surface area contributed by atoms with Gasteiger partial charge in [0.15, 0.2) is 0 Å². The highest BCUT2D eigenvalue weighted by Crippen LogP contribution is 2.19. The molecule has 0 atom stereocenters. The van der Waals surface area contributed by atoms with Crippen molar-refractivity contribution in [2.75, 3.05) is 18.9 Å². The lowest BCUT2D eigenvalue weighted by molar-refractivity contribution is -0.141. The molecule has 0 unspecified atom stereocenters. The molecule has 22 heavy (non-hydrogen) atoms. The van der Waals surface area contributed by atoms with Crippen LogP contribution in [0.15, 0.2) is 46.7 Å². The van der Waals surface area contributed by atoms with Gasteiger partial charge in [-0.05, 0) is 35.7 Å². The van der Waals surface area contributed by atoms with Crippen LogP contribution in [0.25, 0.3) is 0 Å². The Kier molecular flexibility index (Phi) is 6.76. The van der Waals surface area contributed by atoms with E-state index >= 15 is 0 Å². The molecule has 0 aliphatic heterocycles. The topological polar surface area (TPSA) is 55.4 Å². The summed E-state index contributed by atoms with van der Waals surface area (Å²) in [5, 5.41) is 5.02. The summed E-state index contributed by atoms with van der Waals surface area (Å²) in [5.41, 5.74) is 0. The fourth-order valence-electron chi connectivity index (χ4n) is 1.54. The molecular formula is C15H14ClNO3S2. The third kappa shape index (κ3) is 5.71. The molecule has 0 saturated carbocycles. The van der Waals surface area contributed by atoms with Crippen molar-refractivity contribution in [3.8, 4) is 0 Å². The number of thiophene rings is 1. The fraction of sp³-hybridized carbons (Fsp3) is 0.200. The molecule has 1 amide bonds. The average Bonchev–Trinajstić information content (AvgIpc) is 3.05. The molecule has 1 N–H and O–H groups in total. The SMILES string of the molecule is O=C(CNC(=O)c1cccs1)OCCSc1ccc(Cl)cc1. The summed E-state index contributed by atoms with van der Waals surface area (Å²) in [6.45, 7) is 0.170. The Bertz CT molecular complexity index is 614. The van der Waals surface area contributed by atoms with Crippen molar-refractivity contribution in [1.82, 2.24) is 5.32 Å². The molecule has 2 aromatic rings. The zero-order valence-corrected chi connectivity index (χ0v) is 14.0. The molecule has 1 aromatic heterocycles. The van der Waals surface area contributed by atoms with E-state index in [2.05, 4.69) is 5.32 Å². The molecular weight excluding hydrogens is 342 g/mol. The van der Waals surface area contributed by atoms with E-state index in [1.165, 1.54) is 11.3 Å². The van der Waals surface area contributed by atoms with E-state index in [1.807, 2.05) is 24.3 Å². The van der Waals surface area contributed by atoms with Crippen molar-refractivity contribution in [1.29, 1.82) is 0 Å². The van der Waals surface area contributed by atoms with Crippen molar-refractivity contribution >= 4 is 46.6 Å². The number of ether oxygens (including phenoxy) is 1. The second-order valence-electron chi connectivity index (χ2n) is 4.18. The number of amides is 1. The molecule has 1 aromatic carbocycles. The van der Waals surface area contributed by atoms with Crippen LogP contribution in [0.2, 0.25) is 5.02 Å². The first-order valence-corrected chi connectivity index (χ1v) is 8.75. The Morgan fingerprint density at radius 3 is 2.68 bits per heavy atom. The van der Waals surface area contributed by atoms with Gasteiger partial charge in [0.1, 0.15) is 13.2 Å². The molecule has 7 heteroatoms. The summed E-state index contributed by atoms with van der Waals surface area (Å²) in [6, 6.07) is 10.9. The fourth-order valence-corrected chi connectivity index (χ4v) is 3.04. The summed E-state index contributed by atoms with van der Waals surface area (Å²) in [4.78, 5) is 24.8. The van der Waals surface area contributed by atoms with Gasteiger partial charge in [-0.1, -0.05) is 17.7 Å². The van der Waals surface area contributed by atoms with Gasteiger partial charge in [-0.15, -0.1) is 23.1 Å². The summed E-state index contributed by atoms with van der Waals surface area (Å²) >= 11 is 8.70. The van der Waals surface area contributed by atoms with Crippen LogP contribution in [0.4, 0.5) is 0 Å². The number of hydrogen-bond acceptors (Lipinski definition) is 5. The zero-order chi connectivity index (χ0) is 15.8. The van der Waals surface area contributed by atoms with E-state index < -0.39 is 5.97 Å². The Labute approximate surface area is 141 Å². The number of carbonyl (C=O) groups is 2. The maximum Gasteiger partial charge on any atom is 0.325 e. The van der Waals surface area contributed by atoms with Gasteiger partial charge in [-0.25, -0.2) is 0 Å². The van der Waals surface area contributed by atoms with Gasteiger partial charge in [0, 0.05) is 15.7 Å². The number of thioether (sulfide) groups is 1. The number of rotatable bonds is 7. The van der Waals surface area contributed by atoms with Crippen LogP contribution in [0.5, 0.6) is 0 Å². The van der Waals surface area contributed by atoms with Crippen molar-refractivity contribution in [2.24, 2.45) is 0 Å². The van der Waals surface area contributed by atoms with Crippen LogP contribution >= 0.6 is 34.7 Å². The van der Waals surface area contributed by atoms with Gasteiger partial charge in [-0.3, -0.25) is 9.59 Å². The van der Waals surface area contributed by atoms with Gasteiger partial charge >= 0.3 is 5.97 Å². The molecule has 0 bridgehead atoms. The molecule has 2 rings (SSSR count). The summed E-state index contributed by atoms with van der Waals surface area (Å²) in [7, 11) is 0. The Balaban J connectivity index is 1.59. The first-order chi connectivity index (χ1) is 10.6. The molecule has 0 fully saturated rings. The Morgan fingerprint density at radius 2 is 2.00 bits per heavy atom. The van der Waals surface area contributed by atoms with Crippen LogP contribution in [0, 0.1) is 0 Å². The van der Waals surface area contributed by atoms with E-state index in [0.717, 1.165) is 4.90 Å². The highest BCUT2D eigenvalue weighted by Gasteiger charge is 2.09. The molecule has 4 nitrogen and oxygen atoms in total. The lowest BCUT2D eigenvalue weighted by Crippen LogP contribution is -2.30. The zero-order valence-electron chi connectivity index (χ0n) is 11.6. The maximum absolute atomic E-state index is 11.6. The number of halogens is 1. The van der Waals surface area contributed by atoms with Crippen molar-refractivity contribution < 1.29 is 14.3 Å². The van der Waals surface area contributed by atoms with Gasteiger partial charge in [0.2, 0.25) is 0 Å². The van der Waals surface area contributed by atoms with Crippen LogP contribution in [-0.4, -0.2) is 30.8 Å². The van der Waals surface area contributed by atoms with Crippen molar-refractivity contribution in [3.63, 3.8) is 0 Å². The van der Waals surface area contributed by atoms with Crippen molar-refractivity contribution in [2.45, 2.75) is 4.90 Å². The lowest BCUT2D eigenvalue weighted by atomic mass is 10.4. The minimum absolute atomic E-state index is 0.123. The smallest absolute Gasteiger partial charge is 0.325 e. The van der Waals surface area contributed by atoms with E-state index in [0.29, 0.717) is 22.3 Å². The van der Waals surface area contributed by atoms with E-state index in [1.54, 1.807) is 29.3 Å². The summed E-state index contributed by atoms with van der Waals surface area (Å²) in [5.74, 6) is -0.0595. The molecule has 0 spiro atoms. The number of carbonyl (C=O) groups excluding carboxylic acids is 2. The van der Waals surface area contributed by atoms with Crippen LogP contribution in [0.3, 0.4) is 0 Å². The third-order valence-electron chi connectivity index (χ3n) is 2.57. The van der Waals surface area contributed by atoms with Crippen molar-refractivity contribution in [3.05, 3.63) is 51.7 Å². The Hall–Kier alpha value is -1.50. The Morgan fingerprint density at radius 1 is 1.23 bits per heavy atom. The predicted molar refractivity (Wildman–Crippen MR) is 89.8 cm³/mol. The molecule has 0 aliphatic rings. The monoisotopic (exact) mass is 355 g/mol. The maximum atomic E-state index is 11.6.